The van der Waals surface area contributed by atoms with E-state index in [1.807, 2.05) is 72.2 Å². The molecule has 0 aliphatic carbocycles. The molecular formula is C23H20N2O2S. The molecule has 4 rings (SSSR count). The van der Waals surface area contributed by atoms with Gasteiger partial charge < -0.3 is 10.3 Å². The average Bonchev–Trinajstić information content (AvgIpc) is 3.40. The number of aromatic nitrogens is 1. The fraction of sp³-hybridized carbons (Fsp3) is 0.130. The summed E-state index contributed by atoms with van der Waals surface area (Å²) in [4.78, 5) is 29.5. The Morgan fingerprint density at radius 2 is 1.82 bits per heavy atom. The maximum Gasteiger partial charge on any atom is 0.261 e. The summed E-state index contributed by atoms with van der Waals surface area (Å²) >= 11 is 1.37. The van der Waals surface area contributed by atoms with Crippen LogP contribution in [0.4, 0.5) is 0 Å². The standard InChI is InChI=1S/C23H20N2O2S/c26-21(15-17-8-4-9-19-18(17)11-12-24-19)20(14-16-6-2-1-3-7-16)25-23(27)22-10-5-13-28-22/h1-13,20,24H,14-15H2,(H,25,27). The van der Waals surface area contributed by atoms with Crippen molar-refractivity contribution in [3.63, 3.8) is 0 Å². The molecule has 28 heavy (non-hydrogen) atoms. The van der Waals surface area contributed by atoms with E-state index in [0.29, 0.717) is 11.3 Å². The Morgan fingerprint density at radius 3 is 2.61 bits per heavy atom. The lowest BCUT2D eigenvalue weighted by molar-refractivity contribution is -0.120. The van der Waals surface area contributed by atoms with E-state index >= 15 is 0 Å². The van der Waals surface area contributed by atoms with Gasteiger partial charge in [-0.1, -0.05) is 48.5 Å². The first-order chi connectivity index (χ1) is 13.7. The molecule has 5 heteroatoms. The number of ketones is 1. The van der Waals surface area contributed by atoms with Crippen LogP contribution in [0.1, 0.15) is 20.8 Å². The van der Waals surface area contributed by atoms with Crippen LogP contribution >= 0.6 is 11.3 Å². The molecule has 4 aromatic rings. The summed E-state index contributed by atoms with van der Waals surface area (Å²) in [6.07, 6.45) is 2.62. The Kier molecular flexibility index (Phi) is 5.35. The van der Waals surface area contributed by atoms with Crippen molar-refractivity contribution in [3.8, 4) is 0 Å². The fourth-order valence-corrected chi connectivity index (χ4v) is 3.97. The Morgan fingerprint density at radius 1 is 0.964 bits per heavy atom. The Bertz CT molecular complexity index is 1080. The number of hydrogen-bond donors (Lipinski definition) is 2. The van der Waals surface area contributed by atoms with Gasteiger partial charge in [-0.25, -0.2) is 0 Å². The van der Waals surface area contributed by atoms with Crippen LogP contribution in [0, 0.1) is 0 Å². The molecular weight excluding hydrogens is 368 g/mol. The number of rotatable bonds is 7. The number of aromatic amines is 1. The topological polar surface area (TPSA) is 62.0 Å². The number of H-pyrrole nitrogens is 1. The molecule has 0 aliphatic heterocycles. The molecule has 2 aromatic carbocycles. The highest BCUT2D eigenvalue weighted by atomic mass is 32.1. The number of benzene rings is 2. The van der Waals surface area contributed by atoms with Crippen LogP contribution in [-0.2, 0) is 17.6 Å². The van der Waals surface area contributed by atoms with Gasteiger partial charge in [0.1, 0.15) is 0 Å². The van der Waals surface area contributed by atoms with Gasteiger partial charge in [0.05, 0.1) is 10.9 Å². The number of fused-ring (bicyclic) bond motifs is 1. The number of Topliss-reactive ketones (excluding diaryl/α,β-unsaturated/α-hetero) is 1. The third kappa shape index (κ3) is 4.05. The molecule has 0 saturated heterocycles. The van der Waals surface area contributed by atoms with Gasteiger partial charge in [-0.05, 0) is 41.1 Å². The zero-order valence-electron chi connectivity index (χ0n) is 15.2. The van der Waals surface area contributed by atoms with Crippen molar-refractivity contribution >= 4 is 33.9 Å². The van der Waals surface area contributed by atoms with Crippen molar-refractivity contribution < 1.29 is 9.59 Å². The molecule has 4 nitrogen and oxygen atoms in total. The number of nitrogens with one attached hydrogen (secondary N) is 2. The second-order valence-corrected chi connectivity index (χ2v) is 7.64. The molecule has 0 saturated carbocycles. The maximum atomic E-state index is 13.2. The van der Waals surface area contributed by atoms with Gasteiger partial charge in [-0.3, -0.25) is 9.59 Å². The Labute approximate surface area is 167 Å². The summed E-state index contributed by atoms with van der Waals surface area (Å²) in [5, 5.41) is 5.84. The quantitative estimate of drug-likeness (QED) is 0.493. The van der Waals surface area contributed by atoms with Crippen molar-refractivity contribution in [2.45, 2.75) is 18.9 Å². The van der Waals surface area contributed by atoms with Crippen molar-refractivity contribution in [3.05, 3.63) is 94.3 Å². The van der Waals surface area contributed by atoms with Crippen LogP contribution in [0.25, 0.3) is 10.9 Å². The van der Waals surface area contributed by atoms with E-state index < -0.39 is 6.04 Å². The minimum absolute atomic E-state index is 0.00228. The highest BCUT2D eigenvalue weighted by Crippen LogP contribution is 2.19. The monoisotopic (exact) mass is 388 g/mol. The number of amides is 1. The number of carbonyl (C=O) groups excluding carboxylic acids is 2. The molecule has 0 radical (unpaired) electrons. The number of carbonyl (C=O) groups is 2. The van der Waals surface area contributed by atoms with Crippen LogP contribution < -0.4 is 5.32 Å². The summed E-state index contributed by atoms with van der Waals surface area (Å²) in [6.45, 7) is 0. The smallest absolute Gasteiger partial charge is 0.261 e. The molecule has 2 N–H and O–H groups in total. The van der Waals surface area contributed by atoms with E-state index in [9.17, 15) is 9.59 Å². The van der Waals surface area contributed by atoms with E-state index in [-0.39, 0.29) is 18.1 Å². The van der Waals surface area contributed by atoms with Gasteiger partial charge in [0.2, 0.25) is 0 Å². The van der Waals surface area contributed by atoms with Gasteiger partial charge in [0.25, 0.3) is 5.91 Å². The van der Waals surface area contributed by atoms with Gasteiger partial charge in [-0.15, -0.1) is 11.3 Å². The molecule has 0 bridgehead atoms. The predicted octanol–water partition coefficient (Wildman–Crippen LogP) is 4.38. The zero-order valence-corrected chi connectivity index (χ0v) is 16.0. The van der Waals surface area contributed by atoms with Crippen LogP contribution in [0.5, 0.6) is 0 Å². The van der Waals surface area contributed by atoms with Gasteiger partial charge in [0, 0.05) is 23.5 Å². The lowest BCUT2D eigenvalue weighted by Crippen LogP contribution is -2.43. The summed E-state index contributed by atoms with van der Waals surface area (Å²) < 4.78 is 0. The van der Waals surface area contributed by atoms with E-state index in [2.05, 4.69) is 10.3 Å². The summed E-state index contributed by atoms with van der Waals surface area (Å²) in [7, 11) is 0. The van der Waals surface area contributed by atoms with E-state index in [0.717, 1.165) is 22.0 Å². The lowest BCUT2D eigenvalue weighted by Gasteiger charge is -2.18. The first kappa shape index (κ1) is 18.2. The Balaban J connectivity index is 1.57. The van der Waals surface area contributed by atoms with Crippen molar-refractivity contribution in [2.24, 2.45) is 0 Å². The van der Waals surface area contributed by atoms with E-state index in [1.54, 1.807) is 6.07 Å². The zero-order chi connectivity index (χ0) is 19.3. The van der Waals surface area contributed by atoms with Crippen molar-refractivity contribution in [2.75, 3.05) is 0 Å². The van der Waals surface area contributed by atoms with Crippen LogP contribution in [0.2, 0.25) is 0 Å². The fourth-order valence-electron chi connectivity index (χ4n) is 3.35. The van der Waals surface area contributed by atoms with Gasteiger partial charge in [0.15, 0.2) is 5.78 Å². The largest absolute Gasteiger partial charge is 0.361 e. The first-order valence-corrected chi connectivity index (χ1v) is 10.0. The van der Waals surface area contributed by atoms with E-state index in [1.165, 1.54) is 11.3 Å². The SMILES string of the molecule is O=C(NC(Cc1ccccc1)C(=O)Cc1cccc2[nH]ccc12)c1cccs1. The second kappa shape index (κ2) is 8.23. The highest BCUT2D eigenvalue weighted by Gasteiger charge is 2.23. The van der Waals surface area contributed by atoms with Gasteiger partial charge >= 0.3 is 0 Å². The average molecular weight is 388 g/mol. The summed E-state index contributed by atoms with van der Waals surface area (Å²) in [6, 6.07) is 20.7. The summed E-state index contributed by atoms with van der Waals surface area (Å²) in [5.41, 5.74) is 2.99. The van der Waals surface area contributed by atoms with Crippen molar-refractivity contribution in [1.29, 1.82) is 0 Å². The molecule has 2 aromatic heterocycles. The normalized spacial score (nSPS) is 12.0. The highest BCUT2D eigenvalue weighted by molar-refractivity contribution is 7.12. The Hall–Kier alpha value is -3.18. The second-order valence-electron chi connectivity index (χ2n) is 6.69. The molecule has 1 amide bonds. The molecule has 0 fully saturated rings. The third-order valence-corrected chi connectivity index (χ3v) is 5.64. The molecule has 0 aliphatic rings. The van der Waals surface area contributed by atoms with Crippen LogP contribution in [-0.4, -0.2) is 22.7 Å². The molecule has 1 unspecified atom stereocenters. The molecule has 2 heterocycles. The summed E-state index contributed by atoms with van der Waals surface area (Å²) in [5.74, 6) is -0.202. The van der Waals surface area contributed by atoms with Crippen LogP contribution in [0.3, 0.4) is 0 Å². The molecule has 1 atom stereocenters. The minimum atomic E-state index is -0.578. The van der Waals surface area contributed by atoms with Crippen LogP contribution in [0.15, 0.2) is 78.3 Å². The predicted molar refractivity (Wildman–Crippen MR) is 113 cm³/mol. The van der Waals surface area contributed by atoms with E-state index in [4.69, 9.17) is 0 Å². The first-order valence-electron chi connectivity index (χ1n) is 9.17. The lowest BCUT2D eigenvalue weighted by atomic mass is 9.96. The van der Waals surface area contributed by atoms with Crippen molar-refractivity contribution in [1.82, 2.24) is 10.3 Å². The molecule has 140 valence electrons. The minimum Gasteiger partial charge on any atom is -0.361 e. The van der Waals surface area contributed by atoms with Gasteiger partial charge in [-0.2, -0.15) is 0 Å². The number of thiophene rings is 1. The molecule has 0 spiro atoms. The number of hydrogen-bond acceptors (Lipinski definition) is 3. The third-order valence-electron chi connectivity index (χ3n) is 4.77. The maximum absolute atomic E-state index is 13.2.